The van der Waals surface area contributed by atoms with Gasteiger partial charge in [0.1, 0.15) is 11.6 Å². The summed E-state index contributed by atoms with van der Waals surface area (Å²) in [5, 5.41) is 3.56. The topological polar surface area (TPSA) is 21.3 Å². The van der Waals surface area contributed by atoms with Crippen LogP contribution in [-0.4, -0.2) is 18.7 Å². The van der Waals surface area contributed by atoms with E-state index in [4.69, 9.17) is 16.3 Å². The first-order chi connectivity index (χ1) is 8.59. The number of halogens is 2. The molecule has 0 spiro atoms. The molecule has 0 aromatic heterocycles. The van der Waals surface area contributed by atoms with Crippen molar-refractivity contribution in [3.8, 4) is 5.75 Å². The maximum absolute atomic E-state index is 13.3. The van der Waals surface area contributed by atoms with Crippen molar-refractivity contribution in [1.82, 2.24) is 5.32 Å². The Balaban J connectivity index is 2.52. The number of hydrogen-bond donors (Lipinski definition) is 1. The van der Waals surface area contributed by atoms with E-state index in [0.29, 0.717) is 12.4 Å². The molecule has 108 valence electrons. The van der Waals surface area contributed by atoms with Gasteiger partial charge in [0, 0.05) is 23.6 Å². The quantitative estimate of drug-likeness (QED) is 0.873. The Labute approximate surface area is 120 Å². The first-order valence-corrected chi connectivity index (χ1v) is 6.80. The second-order valence-electron chi connectivity index (χ2n) is 6.63. The number of benzene rings is 1. The molecule has 0 heterocycles. The van der Waals surface area contributed by atoms with Crippen LogP contribution in [0.3, 0.4) is 0 Å². The van der Waals surface area contributed by atoms with Gasteiger partial charge in [-0.05, 0) is 32.9 Å². The number of rotatable bonds is 5. The van der Waals surface area contributed by atoms with Gasteiger partial charge in [-0.3, -0.25) is 0 Å². The van der Waals surface area contributed by atoms with Gasteiger partial charge in [-0.2, -0.15) is 0 Å². The molecule has 1 aromatic carbocycles. The van der Waals surface area contributed by atoms with Crippen molar-refractivity contribution >= 4 is 11.6 Å². The zero-order valence-corrected chi connectivity index (χ0v) is 13.1. The van der Waals surface area contributed by atoms with Gasteiger partial charge in [-0.1, -0.05) is 25.4 Å². The summed E-state index contributed by atoms with van der Waals surface area (Å²) in [7, 11) is 0. The fourth-order valence-electron chi connectivity index (χ4n) is 1.40. The summed E-state index contributed by atoms with van der Waals surface area (Å²) in [5.41, 5.74) is 0.0348. The van der Waals surface area contributed by atoms with E-state index in [9.17, 15) is 4.39 Å². The largest absolute Gasteiger partial charge is 0.493 e. The Hall–Kier alpha value is -0.800. The molecule has 4 heteroatoms. The molecule has 1 N–H and O–H groups in total. The molecular weight excluding hydrogens is 265 g/mol. The smallest absolute Gasteiger partial charge is 0.145 e. The maximum Gasteiger partial charge on any atom is 0.145 e. The minimum Gasteiger partial charge on any atom is -0.493 e. The van der Waals surface area contributed by atoms with E-state index in [0.717, 1.165) is 6.54 Å². The highest BCUT2D eigenvalue weighted by atomic mass is 35.5. The average Bonchev–Trinajstić information content (AvgIpc) is 2.28. The lowest BCUT2D eigenvalue weighted by atomic mass is 9.93. The number of nitrogens with one attached hydrogen (secondary N) is 1. The standard InChI is InChI=1S/C15H23ClFNO/c1-14(2,3)18-9-15(4,5)10-19-11-6-7-12(16)13(17)8-11/h6-8,18H,9-10H2,1-5H3. The minimum absolute atomic E-state index is 0.0383. The lowest BCUT2D eigenvalue weighted by molar-refractivity contribution is 0.165. The second kappa shape index (κ2) is 6.10. The number of hydrogen-bond acceptors (Lipinski definition) is 2. The first kappa shape index (κ1) is 16.3. The molecule has 1 rings (SSSR count). The van der Waals surface area contributed by atoms with E-state index < -0.39 is 5.82 Å². The zero-order chi connectivity index (χ0) is 14.7. The lowest BCUT2D eigenvalue weighted by Crippen LogP contribution is -2.43. The predicted molar refractivity (Wildman–Crippen MR) is 78.4 cm³/mol. The Kier molecular flexibility index (Phi) is 5.22. The van der Waals surface area contributed by atoms with E-state index in [1.54, 1.807) is 6.07 Å². The summed E-state index contributed by atoms with van der Waals surface area (Å²) in [6.45, 7) is 11.9. The molecule has 0 radical (unpaired) electrons. The van der Waals surface area contributed by atoms with Crippen LogP contribution in [0.5, 0.6) is 5.75 Å². The van der Waals surface area contributed by atoms with Crippen molar-refractivity contribution < 1.29 is 9.13 Å². The maximum atomic E-state index is 13.3. The Morgan fingerprint density at radius 3 is 2.37 bits per heavy atom. The first-order valence-electron chi connectivity index (χ1n) is 6.42. The van der Waals surface area contributed by atoms with Crippen molar-refractivity contribution in [3.63, 3.8) is 0 Å². The van der Waals surface area contributed by atoms with Crippen LogP contribution in [-0.2, 0) is 0 Å². The van der Waals surface area contributed by atoms with E-state index in [2.05, 4.69) is 39.9 Å². The molecule has 1 aromatic rings. The van der Waals surface area contributed by atoms with Crippen LogP contribution < -0.4 is 10.1 Å². The monoisotopic (exact) mass is 287 g/mol. The van der Waals surface area contributed by atoms with Crippen molar-refractivity contribution in [3.05, 3.63) is 29.0 Å². The van der Waals surface area contributed by atoms with Gasteiger partial charge >= 0.3 is 0 Å². The summed E-state index contributed by atoms with van der Waals surface area (Å²) < 4.78 is 18.9. The van der Waals surface area contributed by atoms with Gasteiger partial charge in [0.05, 0.1) is 11.6 Å². The van der Waals surface area contributed by atoms with Gasteiger partial charge < -0.3 is 10.1 Å². The van der Waals surface area contributed by atoms with Gasteiger partial charge in [0.2, 0.25) is 0 Å². The van der Waals surface area contributed by atoms with Crippen molar-refractivity contribution in [1.29, 1.82) is 0 Å². The third-order valence-electron chi connectivity index (χ3n) is 2.62. The second-order valence-corrected chi connectivity index (χ2v) is 7.04. The van der Waals surface area contributed by atoms with Gasteiger partial charge in [-0.25, -0.2) is 4.39 Å². The Morgan fingerprint density at radius 2 is 1.84 bits per heavy atom. The van der Waals surface area contributed by atoms with Crippen LogP contribution >= 0.6 is 11.6 Å². The SMILES string of the molecule is CC(C)(CNC(C)(C)C)COc1ccc(Cl)c(F)c1. The summed E-state index contributed by atoms with van der Waals surface area (Å²) in [6.07, 6.45) is 0. The summed E-state index contributed by atoms with van der Waals surface area (Å²) >= 11 is 5.63. The molecule has 0 unspecified atom stereocenters. The highest BCUT2D eigenvalue weighted by Gasteiger charge is 2.22. The van der Waals surface area contributed by atoms with Crippen LogP contribution in [0.2, 0.25) is 5.02 Å². The normalized spacial score (nSPS) is 12.6. The van der Waals surface area contributed by atoms with E-state index in [1.165, 1.54) is 12.1 Å². The lowest BCUT2D eigenvalue weighted by Gasteiger charge is -2.30. The summed E-state index contributed by atoms with van der Waals surface area (Å²) in [4.78, 5) is 0. The Morgan fingerprint density at radius 1 is 1.21 bits per heavy atom. The molecule has 0 saturated heterocycles. The van der Waals surface area contributed by atoms with Crippen LogP contribution in [0.15, 0.2) is 18.2 Å². The molecule has 0 fully saturated rings. The van der Waals surface area contributed by atoms with Gasteiger partial charge in [0.15, 0.2) is 0 Å². The van der Waals surface area contributed by atoms with Crippen molar-refractivity contribution in [2.75, 3.05) is 13.2 Å². The van der Waals surface area contributed by atoms with Gasteiger partial charge in [-0.15, -0.1) is 0 Å². The molecule has 0 saturated carbocycles. The molecule has 0 bridgehead atoms. The van der Waals surface area contributed by atoms with Crippen molar-refractivity contribution in [2.24, 2.45) is 5.41 Å². The van der Waals surface area contributed by atoms with Gasteiger partial charge in [0.25, 0.3) is 0 Å². The Bertz CT molecular complexity index is 427. The highest BCUT2D eigenvalue weighted by molar-refractivity contribution is 6.30. The molecule has 0 atom stereocenters. The highest BCUT2D eigenvalue weighted by Crippen LogP contribution is 2.23. The fraction of sp³-hybridized carbons (Fsp3) is 0.600. The third kappa shape index (κ3) is 6.26. The zero-order valence-electron chi connectivity index (χ0n) is 12.3. The van der Waals surface area contributed by atoms with Crippen LogP contribution in [0.25, 0.3) is 0 Å². The number of ether oxygens (including phenoxy) is 1. The molecule has 0 aliphatic carbocycles. The molecule has 19 heavy (non-hydrogen) atoms. The van der Waals surface area contributed by atoms with Crippen LogP contribution in [0, 0.1) is 11.2 Å². The fourth-order valence-corrected chi connectivity index (χ4v) is 1.52. The summed E-state index contributed by atoms with van der Waals surface area (Å²) in [6, 6.07) is 4.50. The molecule has 0 aliphatic heterocycles. The van der Waals surface area contributed by atoms with Crippen molar-refractivity contribution in [2.45, 2.75) is 40.2 Å². The van der Waals surface area contributed by atoms with E-state index in [1.807, 2.05) is 0 Å². The van der Waals surface area contributed by atoms with E-state index >= 15 is 0 Å². The molecule has 0 aliphatic rings. The predicted octanol–water partition coefficient (Wildman–Crippen LogP) is 4.27. The third-order valence-corrected chi connectivity index (χ3v) is 2.92. The van der Waals surface area contributed by atoms with E-state index in [-0.39, 0.29) is 16.0 Å². The molecule has 2 nitrogen and oxygen atoms in total. The average molecular weight is 288 g/mol. The van der Waals surface area contributed by atoms with Crippen LogP contribution in [0.4, 0.5) is 4.39 Å². The molecule has 0 amide bonds. The minimum atomic E-state index is -0.454. The molecular formula is C15H23ClFNO. The van der Waals surface area contributed by atoms with Crippen LogP contribution in [0.1, 0.15) is 34.6 Å². The summed E-state index contributed by atoms with van der Waals surface area (Å²) in [5.74, 6) is 0.0514.